The third-order valence-corrected chi connectivity index (χ3v) is 4.11. The van der Waals surface area contributed by atoms with Crippen LogP contribution in [-0.2, 0) is 11.9 Å². The van der Waals surface area contributed by atoms with Gasteiger partial charge in [0.1, 0.15) is 13.1 Å². The van der Waals surface area contributed by atoms with E-state index in [0.717, 1.165) is 6.54 Å². The Kier molecular flexibility index (Phi) is 2.25. The van der Waals surface area contributed by atoms with Gasteiger partial charge < -0.3 is 4.57 Å². The molecule has 2 aliphatic rings. The Morgan fingerprint density at radius 2 is 2.20 bits per heavy atom. The van der Waals surface area contributed by atoms with Crippen LogP contribution in [0.5, 0.6) is 0 Å². The molecule has 1 fully saturated rings. The van der Waals surface area contributed by atoms with Crippen LogP contribution in [0, 0.1) is 6.92 Å². The maximum absolute atomic E-state index is 4.52. The highest BCUT2D eigenvalue weighted by Gasteiger charge is 2.70. The van der Waals surface area contributed by atoms with Crippen molar-refractivity contribution in [2.75, 3.05) is 0 Å². The predicted octanol–water partition coefficient (Wildman–Crippen LogP) is 2.73. The number of hydrogen-bond donors (Lipinski definition) is 0. The van der Waals surface area contributed by atoms with E-state index in [2.05, 4.69) is 37.6 Å². The molecular weight excluding hydrogens is 183 g/mol. The Balaban J connectivity index is 0.000000404. The first-order chi connectivity index (χ1) is 7.13. The van der Waals surface area contributed by atoms with E-state index in [0.29, 0.717) is 5.31 Å². The summed E-state index contributed by atoms with van der Waals surface area (Å²) in [5.41, 5.74) is 1.31. The van der Waals surface area contributed by atoms with E-state index in [4.69, 9.17) is 0 Å². The zero-order chi connectivity index (χ0) is 11.3. The van der Waals surface area contributed by atoms with E-state index in [9.17, 15) is 0 Å². The summed E-state index contributed by atoms with van der Waals surface area (Å²) < 4.78 is 2.38. The van der Waals surface area contributed by atoms with Gasteiger partial charge in [-0.25, -0.2) is 4.98 Å². The molecule has 2 atom stereocenters. The van der Waals surface area contributed by atoms with Crippen molar-refractivity contribution in [3.63, 3.8) is 0 Å². The first kappa shape index (κ1) is 10.8. The smallest absolute Gasteiger partial charge is 0.138 e. The van der Waals surface area contributed by atoms with Gasteiger partial charge in [0.25, 0.3) is 0 Å². The standard InChI is InChI=1S/C10H14BN2.C2H6/c1-4-10-6-13-7(2)5-12-8(13)9(10,3)11-10;1-2/h5H,4,6H2,1-3H3;1-2H3. The summed E-state index contributed by atoms with van der Waals surface area (Å²) in [6.45, 7) is 11.9. The van der Waals surface area contributed by atoms with Crippen molar-refractivity contribution in [3.8, 4) is 0 Å². The summed E-state index contributed by atoms with van der Waals surface area (Å²) in [4.78, 5) is 4.52. The minimum atomic E-state index is 0.288. The molecule has 81 valence electrons. The maximum Gasteiger partial charge on any atom is 0.138 e. The highest BCUT2D eigenvalue weighted by molar-refractivity contribution is 6.60. The van der Waals surface area contributed by atoms with Crippen molar-refractivity contribution < 1.29 is 0 Å². The van der Waals surface area contributed by atoms with Gasteiger partial charge in [-0.1, -0.05) is 34.1 Å². The third kappa shape index (κ3) is 1.09. The molecule has 0 amide bonds. The molecule has 1 saturated heterocycles. The van der Waals surface area contributed by atoms with E-state index < -0.39 is 0 Å². The molecule has 2 unspecified atom stereocenters. The van der Waals surface area contributed by atoms with Crippen LogP contribution in [0.2, 0.25) is 5.31 Å². The van der Waals surface area contributed by atoms with Crippen LogP contribution in [0.3, 0.4) is 0 Å². The second kappa shape index (κ2) is 3.13. The zero-order valence-electron chi connectivity index (χ0n) is 10.5. The lowest BCUT2D eigenvalue weighted by atomic mass is 9.83. The number of nitrogens with zero attached hydrogens (tertiary/aromatic N) is 2. The number of fused-ring (bicyclic) bond motifs is 3. The fraction of sp³-hybridized carbons (Fsp3) is 0.750. The lowest BCUT2D eigenvalue weighted by Gasteiger charge is -2.12. The Morgan fingerprint density at radius 3 is 2.73 bits per heavy atom. The molecule has 0 saturated carbocycles. The summed E-state index contributed by atoms with van der Waals surface area (Å²) in [7, 11) is 2.47. The second-order valence-corrected chi connectivity index (χ2v) is 4.67. The summed E-state index contributed by atoms with van der Waals surface area (Å²) in [6.07, 6.45) is 3.23. The summed E-state index contributed by atoms with van der Waals surface area (Å²) in [5, 5.41) is 0.733. The zero-order valence-corrected chi connectivity index (χ0v) is 10.5. The van der Waals surface area contributed by atoms with Crippen LogP contribution in [-0.4, -0.2) is 16.8 Å². The summed E-state index contributed by atoms with van der Waals surface area (Å²) >= 11 is 0. The fourth-order valence-electron chi connectivity index (χ4n) is 2.95. The molecule has 0 bridgehead atoms. The van der Waals surface area contributed by atoms with Crippen LogP contribution >= 0.6 is 0 Å². The molecule has 2 aliphatic heterocycles. The summed E-state index contributed by atoms with van der Waals surface area (Å²) in [6, 6.07) is 0. The van der Waals surface area contributed by atoms with Crippen LogP contribution in [0.4, 0.5) is 0 Å². The highest BCUT2D eigenvalue weighted by Crippen LogP contribution is 2.69. The van der Waals surface area contributed by atoms with Crippen molar-refractivity contribution in [3.05, 3.63) is 17.7 Å². The second-order valence-electron chi connectivity index (χ2n) is 4.67. The van der Waals surface area contributed by atoms with Crippen molar-refractivity contribution in [2.45, 2.75) is 58.2 Å². The van der Waals surface area contributed by atoms with Gasteiger partial charge in [0.05, 0.1) is 0 Å². The van der Waals surface area contributed by atoms with Gasteiger partial charge in [-0.2, -0.15) is 0 Å². The van der Waals surface area contributed by atoms with Crippen LogP contribution in [0.1, 0.15) is 45.6 Å². The topological polar surface area (TPSA) is 17.8 Å². The molecule has 0 aromatic carbocycles. The highest BCUT2D eigenvalue weighted by atomic mass is 15.2. The Bertz CT molecular complexity index is 385. The molecule has 15 heavy (non-hydrogen) atoms. The average Bonchev–Trinajstić information content (AvgIpc) is 2.54. The average molecular weight is 203 g/mol. The number of rotatable bonds is 1. The molecule has 1 aromatic heterocycles. The van der Waals surface area contributed by atoms with Crippen molar-refractivity contribution >= 4 is 7.28 Å². The molecule has 1 aromatic rings. The Labute approximate surface area is 93.3 Å². The number of aryl methyl sites for hydroxylation is 1. The van der Waals surface area contributed by atoms with Gasteiger partial charge >= 0.3 is 0 Å². The van der Waals surface area contributed by atoms with E-state index in [1.807, 2.05) is 20.0 Å². The molecule has 1 radical (unpaired) electrons. The molecule has 2 nitrogen and oxygen atoms in total. The van der Waals surface area contributed by atoms with Gasteiger partial charge in [-0.3, -0.25) is 0 Å². The fourth-order valence-corrected chi connectivity index (χ4v) is 2.95. The van der Waals surface area contributed by atoms with E-state index in [1.54, 1.807) is 0 Å². The first-order valence-electron chi connectivity index (χ1n) is 6.03. The molecule has 0 aliphatic carbocycles. The first-order valence-corrected chi connectivity index (χ1v) is 6.03. The number of aromatic nitrogens is 2. The molecule has 3 heteroatoms. The van der Waals surface area contributed by atoms with Crippen molar-refractivity contribution in [1.29, 1.82) is 0 Å². The summed E-state index contributed by atoms with van der Waals surface area (Å²) in [5.74, 6) is 1.28. The number of hydrogen-bond acceptors (Lipinski definition) is 1. The monoisotopic (exact) mass is 203 g/mol. The minimum Gasteiger partial charge on any atom is -0.333 e. The largest absolute Gasteiger partial charge is 0.333 e. The van der Waals surface area contributed by atoms with Crippen LogP contribution in [0.25, 0.3) is 0 Å². The lowest BCUT2D eigenvalue weighted by molar-refractivity contribution is 0.521. The SMILES string of the molecule is CC.CCC12[B]C1(C)c1ncc(C)n1C2. The van der Waals surface area contributed by atoms with Gasteiger partial charge in [0.15, 0.2) is 0 Å². The lowest BCUT2D eigenvalue weighted by Crippen LogP contribution is -2.07. The number of imidazole rings is 1. The van der Waals surface area contributed by atoms with Crippen molar-refractivity contribution in [1.82, 2.24) is 9.55 Å². The normalized spacial score (nSPS) is 34.7. The molecule has 0 N–H and O–H groups in total. The van der Waals surface area contributed by atoms with Gasteiger partial charge in [-0.15, -0.1) is 0 Å². The Morgan fingerprint density at radius 1 is 1.53 bits per heavy atom. The maximum atomic E-state index is 4.52. The van der Waals surface area contributed by atoms with E-state index >= 15 is 0 Å². The minimum absolute atomic E-state index is 0.288. The molecular formula is C12H20BN2. The van der Waals surface area contributed by atoms with Crippen molar-refractivity contribution in [2.24, 2.45) is 0 Å². The van der Waals surface area contributed by atoms with Crippen LogP contribution < -0.4 is 0 Å². The molecule has 3 rings (SSSR count). The van der Waals surface area contributed by atoms with Crippen LogP contribution in [0.15, 0.2) is 6.20 Å². The van der Waals surface area contributed by atoms with Gasteiger partial charge in [-0.05, 0) is 17.6 Å². The molecule has 3 heterocycles. The molecule has 0 spiro atoms. The van der Waals surface area contributed by atoms with E-state index in [1.165, 1.54) is 17.9 Å². The Hall–Kier alpha value is -0.725. The predicted molar refractivity (Wildman–Crippen MR) is 64.4 cm³/mol. The van der Waals surface area contributed by atoms with Gasteiger partial charge in [0.2, 0.25) is 0 Å². The third-order valence-electron chi connectivity index (χ3n) is 4.11. The van der Waals surface area contributed by atoms with Gasteiger partial charge in [0, 0.05) is 18.4 Å². The quantitative estimate of drug-likeness (QED) is 0.641. The van der Waals surface area contributed by atoms with E-state index in [-0.39, 0.29) is 5.31 Å².